The monoisotopic (exact) mass is 308 g/mol. The van der Waals surface area contributed by atoms with Crippen molar-refractivity contribution in [3.05, 3.63) is 34.9 Å². The van der Waals surface area contributed by atoms with E-state index in [0.717, 1.165) is 31.2 Å². The maximum Gasteiger partial charge on any atom is 0.227 e. The molecule has 1 fully saturated rings. The van der Waals surface area contributed by atoms with Gasteiger partial charge < -0.3 is 11.1 Å². The molecule has 0 aromatic heterocycles. The zero-order valence-corrected chi connectivity index (χ0v) is 13.5. The van der Waals surface area contributed by atoms with Crippen molar-refractivity contribution < 1.29 is 4.79 Å². The summed E-state index contributed by atoms with van der Waals surface area (Å²) in [6.45, 7) is 2.44. The van der Waals surface area contributed by atoms with Gasteiger partial charge in [0.05, 0.1) is 11.5 Å². The SMILES string of the molecule is C[C@H](NC(=O)C1(CN)CCCCCC1)c1ccc(Cl)cc1. The average molecular weight is 309 g/mol. The zero-order chi connectivity index (χ0) is 15.3. The molecule has 1 aromatic carbocycles. The molecule has 1 aliphatic rings. The number of amides is 1. The number of hydrogen-bond acceptors (Lipinski definition) is 2. The first kappa shape index (κ1) is 16.3. The van der Waals surface area contributed by atoms with Crippen LogP contribution in [0.15, 0.2) is 24.3 Å². The maximum absolute atomic E-state index is 12.7. The summed E-state index contributed by atoms with van der Waals surface area (Å²) in [5.41, 5.74) is 6.65. The summed E-state index contributed by atoms with van der Waals surface area (Å²) in [5.74, 6) is 0.106. The Bertz CT molecular complexity index is 464. The first-order valence-electron chi connectivity index (χ1n) is 7.84. The number of nitrogens with one attached hydrogen (secondary N) is 1. The lowest BCUT2D eigenvalue weighted by atomic mass is 9.79. The molecule has 0 unspecified atom stereocenters. The first-order valence-corrected chi connectivity index (χ1v) is 8.22. The molecule has 1 atom stereocenters. The van der Waals surface area contributed by atoms with Crippen LogP contribution in [0.5, 0.6) is 0 Å². The molecule has 0 aliphatic heterocycles. The second kappa shape index (κ2) is 7.28. The minimum Gasteiger partial charge on any atom is -0.349 e. The molecule has 0 radical (unpaired) electrons. The van der Waals surface area contributed by atoms with Crippen LogP contribution < -0.4 is 11.1 Å². The Labute approximate surface area is 132 Å². The van der Waals surface area contributed by atoms with Gasteiger partial charge in [0.2, 0.25) is 5.91 Å². The third-order valence-corrected chi connectivity index (χ3v) is 4.90. The van der Waals surface area contributed by atoms with Gasteiger partial charge in [-0.3, -0.25) is 4.79 Å². The highest BCUT2D eigenvalue weighted by molar-refractivity contribution is 6.30. The second-order valence-corrected chi connectivity index (χ2v) is 6.58. The molecule has 0 saturated heterocycles. The Hall–Kier alpha value is -1.06. The molecule has 0 heterocycles. The van der Waals surface area contributed by atoms with Crippen LogP contribution in [0, 0.1) is 5.41 Å². The Morgan fingerprint density at radius 3 is 2.33 bits per heavy atom. The molecule has 21 heavy (non-hydrogen) atoms. The maximum atomic E-state index is 12.7. The second-order valence-electron chi connectivity index (χ2n) is 6.15. The van der Waals surface area contributed by atoms with E-state index in [4.69, 9.17) is 17.3 Å². The van der Waals surface area contributed by atoms with E-state index in [0.29, 0.717) is 11.6 Å². The molecule has 3 nitrogen and oxygen atoms in total. The molecule has 1 aromatic rings. The molecule has 116 valence electrons. The van der Waals surface area contributed by atoms with Crippen LogP contribution in [-0.4, -0.2) is 12.5 Å². The van der Waals surface area contributed by atoms with Gasteiger partial charge in [0.15, 0.2) is 0 Å². The van der Waals surface area contributed by atoms with Crippen molar-refractivity contribution >= 4 is 17.5 Å². The molecule has 1 aliphatic carbocycles. The van der Waals surface area contributed by atoms with Gasteiger partial charge in [0.1, 0.15) is 0 Å². The smallest absolute Gasteiger partial charge is 0.227 e. The van der Waals surface area contributed by atoms with Crippen molar-refractivity contribution in [3.63, 3.8) is 0 Å². The van der Waals surface area contributed by atoms with Crippen molar-refractivity contribution in [1.82, 2.24) is 5.32 Å². The Kier molecular flexibility index (Phi) is 5.65. The zero-order valence-electron chi connectivity index (χ0n) is 12.7. The van der Waals surface area contributed by atoms with E-state index in [9.17, 15) is 4.79 Å². The predicted molar refractivity (Wildman–Crippen MR) is 87.2 cm³/mol. The summed E-state index contributed by atoms with van der Waals surface area (Å²) < 4.78 is 0. The van der Waals surface area contributed by atoms with E-state index in [1.54, 1.807) is 0 Å². The van der Waals surface area contributed by atoms with Gasteiger partial charge in [-0.15, -0.1) is 0 Å². The topological polar surface area (TPSA) is 55.1 Å². The summed E-state index contributed by atoms with van der Waals surface area (Å²) >= 11 is 5.90. The predicted octanol–water partition coefficient (Wildman–Crippen LogP) is 3.82. The van der Waals surface area contributed by atoms with Gasteiger partial charge in [0, 0.05) is 11.6 Å². The van der Waals surface area contributed by atoms with E-state index < -0.39 is 0 Å². The highest BCUT2D eigenvalue weighted by Crippen LogP contribution is 2.35. The molecule has 2 rings (SSSR count). The van der Waals surface area contributed by atoms with Gasteiger partial charge in [0.25, 0.3) is 0 Å². The number of carbonyl (C=O) groups is 1. The van der Waals surface area contributed by atoms with Gasteiger partial charge in [-0.05, 0) is 37.5 Å². The summed E-state index contributed by atoms with van der Waals surface area (Å²) in [6, 6.07) is 7.58. The third kappa shape index (κ3) is 3.98. The van der Waals surface area contributed by atoms with Gasteiger partial charge in [-0.25, -0.2) is 0 Å². The fourth-order valence-corrected chi connectivity index (χ4v) is 3.24. The Morgan fingerprint density at radius 2 is 1.81 bits per heavy atom. The van der Waals surface area contributed by atoms with E-state index >= 15 is 0 Å². The van der Waals surface area contributed by atoms with Gasteiger partial charge in [-0.2, -0.15) is 0 Å². The van der Waals surface area contributed by atoms with E-state index in [1.165, 1.54) is 12.8 Å². The molecular weight excluding hydrogens is 284 g/mol. The van der Waals surface area contributed by atoms with Crippen molar-refractivity contribution in [2.24, 2.45) is 11.1 Å². The summed E-state index contributed by atoms with van der Waals surface area (Å²) in [4.78, 5) is 12.7. The van der Waals surface area contributed by atoms with Crippen molar-refractivity contribution in [3.8, 4) is 0 Å². The number of nitrogens with two attached hydrogens (primary N) is 1. The molecule has 1 amide bonds. The Balaban J connectivity index is 2.06. The summed E-state index contributed by atoms with van der Waals surface area (Å²) in [6.07, 6.45) is 6.43. The quantitative estimate of drug-likeness (QED) is 0.831. The lowest BCUT2D eigenvalue weighted by Gasteiger charge is -2.31. The average Bonchev–Trinajstić information content (AvgIpc) is 2.74. The number of benzene rings is 1. The molecule has 0 bridgehead atoms. The summed E-state index contributed by atoms with van der Waals surface area (Å²) in [5, 5.41) is 3.85. The normalized spacial score (nSPS) is 19.6. The lowest BCUT2D eigenvalue weighted by molar-refractivity contribution is -0.132. The fourth-order valence-electron chi connectivity index (χ4n) is 3.11. The van der Waals surface area contributed by atoms with Crippen molar-refractivity contribution in [1.29, 1.82) is 0 Å². The van der Waals surface area contributed by atoms with Crippen LogP contribution in [0.25, 0.3) is 0 Å². The number of halogens is 1. The lowest BCUT2D eigenvalue weighted by Crippen LogP contribution is -2.46. The van der Waals surface area contributed by atoms with Crippen LogP contribution in [0.1, 0.15) is 57.1 Å². The first-order chi connectivity index (χ1) is 10.1. The number of carbonyl (C=O) groups excluding carboxylic acids is 1. The number of hydrogen-bond donors (Lipinski definition) is 2. The largest absolute Gasteiger partial charge is 0.349 e. The summed E-state index contributed by atoms with van der Waals surface area (Å²) in [7, 11) is 0. The molecule has 4 heteroatoms. The van der Waals surface area contributed by atoms with Crippen LogP contribution >= 0.6 is 11.6 Å². The third-order valence-electron chi connectivity index (χ3n) is 4.65. The highest BCUT2D eigenvalue weighted by atomic mass is 35.5. The fraction of sp³-hybridized carbons (Fsp3) is 0.588. The molecule has 0 spiro atoms. The van der Waals surface area contributed by atoms with E-state index in [1.807, 2.05) is 31.2 Å². The standard InChI is InChI=1S/C17H25ClN2O/c1-13(14-6-8-15(18)9-7-14)20-16(21)17(12-19)10-4-2-3-5-11-17/h6-9,13H,2-5,10-12,19H2,1H3,(H,20,21)/t13-/m0/s1. The van der Waals surface area contributed by atoms with Crippen molar-refractivity contribution in [2.45, 2.75) is 51.5 Å². The van der Waals surface area contributed by atoms with Crippen molar-refractivity contribution in [2.75, 3.05) is 6.54 Å². The van der Waals surface area contributed by atoms with Crippen LogP contribution in [0.2, 0.25) is 5.02 Å². The highest BCUT2D eigenvalue weighted by Gasteiger charge is 2.37. The molecular formula is C17H25ClN2O. The van der Waals surface area contributed by atoms with Gasteiger partial charge >= 0.3 is 0 Å². The van der Waals surface area contributed by atoms with E-state index in [2.05, 4.69) is 5.32 Å². The molecule has 1 saturated carbocycles. The van der Waals surface area contributed by atoms with E-state index in [-0.39, 0.29) is 17.4 Å². The van der Waals surface area contributed by atoms with Gasteiger partial charge in [-0.1, -0.05) is 49.4 Å². The van der Waals surface area contributed by atoms with Crippen LogP contribution in [-0.2, 0) is 4.79 Å². The van der Waals surface area contributed by atoms with Crippen LogP contribution in [0.3, 0.4) is 0 Å². The molecule has 3 N–H and O–H groups in total. The Morgan fingerprint density at radius 1 is 1.24 bits per heavy atom. The number of rotatable bonds is 4. The van der Waals surface area contributed by atoms with Crippen LogP contribution in [0.4, 0.5) is 0 Å². The minimum absolute atomic E-state index is 0.0264. The minimum atomic E-state index is -0.378.